The Hall–Kier alpha value is -1.72. The number of hydrogen-bond donors (Lipinski definition) is 0. The standard InChI is InChI=1S/C21H38N2O4/c1-8-26-19(24)12-17(4)22-11-10-16(3)14-21(6,7)15-23-18(5)13-20(25)27-9-2/h16H,8-15H2,1-7H3. The average molecular weight is 383 g/mol. The number of carbonyl (C=O) groups is 2. The molecule has 1 unspecified atom stereocenters. The van der Waals surface area contributed by atoms with E-state index in [-0.39, 0.29) is 30.2 Å². The highest BCUT2D eigenvalue weighted by Crippen LogP contribution is 2.27. The molecular weight excluding hydrogens is 344 g/mol. The highest BCUT2D eigenvalue weighted by atomic mass is 16.5. The summed E-state index contributed by atoms with van der Waals surface area (Å²) in [5.74, 6) is 0.0599. The Morgan fingerprint density at radius 1 is 0.926 bits per heavy atom. The molecule has 1 atom stereocenters. The highest BCUT2D eigenvalue weighted by molar-refractivity contribution is 5.98. The first-order chi connectivity index (χ1) is 12.6. The summed E-state index contributed by atoms with van der Waals surface area (Å²) in [6.07, 6.45) is 2.51. The molecule has 0 aliphatic carbocycles. The maximum Gasteiger partial charge on any atom is 0.311 e. The van der Waals surface area contributed by atoms with Crippen LogP contribution in [0.15, 0.2) is 9.98 Å². The van der Waals surface area contributed by atoms with Gasteiger partial charge in [-0.05, 0) is 51.9 Å². The van der Waals surface area contributed by atoms with Crippen LogP contribution in [0.2, 0.25) is 0 Å². The van der Waals surface area contributed by atoms with Crippen LogP contribution in [-0.2, 0) is 19.1 Å². The van der Waals surface area contributed by atoms with E-state index in [2.05, 4.69) is 30.8 Å². The molecule has 156 valence electrons. The second-order valence-electron chi connectivity index (χ2n) is 7.89. The predicted octanol–water partition coefficient (Wildman–Crippen LogP) is 4.26. The van der Waals surface area contributed by atoms with Crippen molar-refractivity contribution >= 4 is 23.4 Å². The van der Waals surface area contributed by atoms with E-state index in [1.165, 1.54) is 0 Å². The first-order valence-corrected chi connectivity index (χ1v) is 9.90. The molecule has 0 aromatic rings. The van der Waals surface area contributed by atoms with E-state index < -0.39 is 0 Å². The van der Waals surface area contributed by atoms with Gasteiger partial charge in [0.2, 0.25) is 0 Å². The summed E-state index contributed by atoms with van der Waals surface area (Å²) in [6.45, 7) is 16.2. The van der Waals surface area contributed by atoms with Crippen LogP contribution < -0.4 is 0 Å². The Labute approximate surface area is 164 Å². The number of esters is 2. The van der Waals surface area contributed by atoms with E-state index >= 15 is 0 Å². The first-order valence-electron chi connectivity index (χ1n) is 9.90. The lowest BCUT2D eigenvalue weighted by atomic mass is 9.82. The minimum atomic E-state index is -0.221. The van der Waals surface area contributed by atoms with Crippen molar-refractivity contribution in [3.8, 4) is 0 Å². The van der Waals surface area contributed by atoms with Crippen LogP contribution >= 0.6 is 0 Å². The lowest BCUT2D eigenvalue weighted by Gasteiger charge is -2.26. The molecule has 0 aliphatic heterocycles. The molecule has 0 N–H and O–H groups in total. The number of rotatable bonds is 13. The Morgan fingerprint density at radius 3 is 1.89 bits per heavy atom. The van der Waals surface area contributed by atoms with E-state index in [1.54, 1.807) is 13.8 Å². The van der Waals surface area contributed by atoms with Gasteiger partial charge in [0.25, 0.3) is 0 Å². The molecule has 0 saturated heterocycles. The monoisotopic (exact) mass is 382 g/mol. The lowest BCUT2D eigenvalue weighted by Crippen LogP contribution is -2.21. The van der Waals surface area contributed by atoms with Crippen molar-refractivity contribution in [2.24, 2.45) is 21.3 Å². The molecule has 0 spiro atoms. The fourth-order valence-corrected chi connectivity index (χ4v) is 2.89. The topological polar surface area (TPSA) is 77.3 Å². The summed E-state index contributed by atoms with van der Waals surface area (Å²) in [7, 11) is 0. The maximum atomic E-state index is 11.5. The van der Waals surface area contributed by atoms with Crippen LogP contribution in [0.3, 0.4) is 0 Å². The summed E-state index contributed by atoms with van der Waals surface area (Å²) in [5, 5.41) is 0. The molecule has 0 bridgehead atoms. The van der Waals surface area contributed by atoms with Crippen molar-refractivity contribution in [1.29, 1.82) is 0 Å². The minimum absolute atomic E-state index is 0.0546. The van der Waals surface area contributed by atoms with Gasteiger partial charge in [0.1, 0.15) is 0 Å². The van der Waals surface area contributed by atoms with Gasteiger partial charge in [-0.15, -0.1) is 0 Å². The van der Waals surface area contributed by atoms with Gasteiger partial charge in [-0.2, -0.15) is 0 Å². The quantitative estimate of drug-likeness (QED) is 0.352. The molecular formula is C21H38N2O4. The molecule has 0 saturated carbocycles. The molecule has 0 aromatic carbocycles. The van der Waals surface area contributed by atoms with Gasteiger partial charge >= 0.3 is 11.9 Å². The molecule has 27 heavy (non-hydrogen) atoms. The summed E-state index contributed by atoms with van der Waals surface area (Å²) < 4.78 is 9.88. The van der Waals surface area contributed by atoms with Crippen LogP contribution in [-0.4, -0.2) is 49.7 Å². The van der Waals surface area contributed by atoms with Gasteiger partial charge < -0.3 is 9.47 Å². The van der Waals surface area contributed by atoms with Gasteiger partial charge in [-0.3, -0.25) is 19.6 Å². The van der Waals surface area contributed by atoms with Crippen molar-refractivity contribution in [3.05, 3.63) is 0 Å². The van der Waals surface area contributed by atoms with E-state index in [0.29, 0.717) is 32.2 Å². The molecule has 0 fully saturated rings. The molecule has 6 heteroatoms. The predicted molar refractivity (Wildman–Crippen MR) is 111 cm³/mol. The summed E-state index contributed by atoms with van der Waals surface area (Å²) >= 11 is 0. The maximum absolute atomic E-state index is 11.5. The fourth-order valence-electron chi connectivity index (χ4n) is 2.89. The normalized spacial score (nSPS) is 14.0. The number of hydrogen-bond acceptors (Lipinski definition) is 6. The molecule has 0 aromatic heterocycles. The smallest absolute Gasteiger partial charge is 0.311 e. The van der Waals surface area contributed by atoms with E-state index in [1.807, 2.05) is 13.8 Å². The lowest BCUT2D eigenvalue weighted by molar-refractivity contribution is -0.142. The zero-order valence-electron chi connectivity index (χ0n) is 18.3. The molecule has 0 heterocycles. The SMILES string of the molecule is CCOC(=O)CC(C)=NCCC(C)CC(C)(C)CN=C(C)CC(=O)OCC. The Bertz CT molecular complexity index is 524. The Kier molecular flexibility index (Phi) is 12.6. The minimum Gasteiger partial charge on any atom is -0.466 e. The van der Waals surface area contributed by atoms with Crippen LogP contribution in [0, 0.1) is 11.3 Å². The third-order valence-corrected chi connectivity index (χ3v) is 4.09. The number of ether oxygens (including phenoxy) is 2. The van der Waals surface area contributed by atoms with Crippen LogP contribution in [0.1, 0.15) is 74.1 Å². The van der Waals surface area contributed by atoms with Crippen molar-refractivity contribution in [2.75, 3.05) is 26.3 Å². The van der Waals surface area contributed by atoms with E-state index in [4.69, 9.17) is 9.47 Å². The van der Waals surface area contributed by atoms with E-state index in [9.17, 15) is 9.59 Å². The zero-order chi connectivity index (χ0) is 20.9. The largest absolute Gasteiger partial charge is 0.466 e. The Balaban J connectivity index is 4.32. The first kappa shape index (κ1) is 25.3. The average Bonchev–Trinajstić information content (AvgIpc) is 2.52. The highest BCUT2D eigenvalue weighted by Gasteiger charge is 2.21. The third-order valence-electron chi connectivity index (χ3n) is 4.09. The van der Waals surface area contributed by atoms with Crippen molar-refractivity contribution < 1.29 is 19.1 Å². The van der Waals surface area contributed by atoms with Crippen molar-refractivity contribution in [2.45, 2.75) is 74.1 Å². The zero-order valence-corrected chi connectivity index (χ0v) is 18.3. The van der Waals surface area contributed by atoms with Gasteiger partial charge in [-0.1, -0.05) is 20.8 Å². The van der Waals surface area contributed by atoms with Crippen LogP contribution in [0.25, 0.3) is 0 Å². The molecule has 6 nitrogen and oxygen atoms in total. The van der Waals surface area contributed by atoms with Crippen molar-refractivity contribution in [3.63, 3.8) is 0 Å². The van der Waals surface area contributed by atoms with Gasteiger partial charge in [-0.25, -0.2) is 0 Å². The second kappa shape index (κ2) is 13.4. The summed E-state index contributed by atoms with van der Waals surface area (Å²) in [6, 6.07) is 0. The van der Waals surface area contributed by atoms with Gasteiger partial charge in [0.05, 0.1) is 26.1 Å². The number of aliphatic imine (C=N–C) groups is 2. The van der Waals surface area contributed by atoms with Gasteiger partial charge in [0.15, 0.2) is 0 Å². The van der Waals surface area contributed by atoms with Gasteiger partial charge in [0, 0.05) is 24.5 Å². The third kappa shape index (κ3) is 14.1. The number of nitrogens with zero attached hydrogens (tertiary/aromatic N) is 2. The Morgan fingerprint density at radius 2 is 1.41 bits per heavy atom. The van der Waals surface area contributed by atoms with Crippen molar-refractivity contribution in [1.82, 2.24) is 0 Å². The molecule has 0 rings (SSSR count). The molecule has 0 aliphatic rings. The van der Waals surface area contributed by atoms with Crippen LogP contribution in [0.4, 0.5) is 0 Å². The fraction of sp³-hybridized carbons (Fsp3) is 0.810. The second-order valence-corrected chi connectivity index (χ2v) is 7.89. The van der Waals surface area contributed by atoms with Crippen LogP contribution in [0.5, 0.6) is 0 Å². The summed E-state index contributed by atoms with van der Waals surface area (Å²) in [5.41, 5.74) is 1.69. The molecule has 0 radical (unpaired) electrons. The summed E-state index contributed by atoms with van der Waals surface area (Å²) in [4.78, 5) is 32.0. The van der Waals surface area contributed by atoms with E-state index in [0.717, 1.165) is 24.3 Å². The number of carbonyl (C=O) groups excluding carboxylic acids is 2. The molecule has 0 amide bonds.